The highest BCUT2D eigenvalue weighted by Gasteiger charge is 2.14. The summed E-state index contributed by atoms with van der Waals surface area (Å²) in [5, 5.41) is 3.21. The van der Waals surface area contributed by atoms with Crippen molar-refractivity contribution in [1.82, 2.24) is 5.32 Å². The smallest absolute Gasteiger partial charge is 0.253 e. The Bertz CT molecular complexity index is 1090. The second-order valence-corrected chi connectivity index (χ2v) is 7.67. The van der Waals surface area contributed by atoms with E-state index in [9.17, 15) is 9.59 Å². The van der Waals surface area contributed by atoms with Crippen molar-refractivity contribution in [2.24, 2.45) is 0 Å². The third kappa shape index (κ3) is 5.64. The number of halogens is 1. The molecule has 5 nitrogen and oxygen atoms in total. The lowest BCUT2D eigenvalue weighted by molar-refractivity contribution is 0.0950. The Morgan fingerprint density at radius 3 is 2.52 bits per heavy atom. The van der Waals surface area contributed by atoms with Gasteiger partial charge >= 0.3 is 0 Å². The lowest BCUT2D eigenvalue weighted by atomic mass is 10.0. The first-order chi connectivity index (χ1) is 14.9. The molecule has 6 heteroatoms. The summed E-state index contributed by atoms with van der Waals surface area (Å²) in [6, 6.07) is 18.0. The number of carbonyl (C=O) groups excluding carboxylic acids is 2. The van der Waals surface area contributed by atoms with E-state index < -0.39 is 0 Å². The first-order valence-electron chi connectivity index (χ1n) is 9.88. The van der Waals surface area contributed by atoms with E-state index in [1.165, 1.54) is 0 Å². The van der Waals surface area contributed by atoms with Crippen LogP contribution in [-0.2, 0) is 6.54 Å². The van der Waals surface area contributed by atoms with E-state index in [1.54, 1.807) is 31.4 Å². The molecule has 0 atom stereocenters. The standard InChI is InChI=1S/C25H24ClNO4/c1-16(2)31-21-8-9-22(23(26)13-21)25(29)27-14-20-12-19(7-10-24(20)30-3)18-6-4-5-17(11-18)15-28/h4-13,15-16H,14H2,1-3H3,(H,27,29). The number of nitrogens with one attached hydrogen (secondary N) is 1. The first kappa shape index (κ1) is 22.4. The van der Waals surface area contributed by atoms with Gasteiger partial charge in [-0.05, 0) is 61.4 Å². The third-order valence-electron chi connectivity index (χ3n) is 4.63. The Kier molecular flexibility index (Phi) is 7.32. The summed E-state index contributed by atoms with van der Waals surface area (Å²) >= 11 is 6.29. The molecule has 0 heterocycles. The fourth-order valence-corrected chi connectivity index (χ4v) is 3.44. The Labute approximate surface area is 187 Å². The van der Waals surface area contributed by atoms with Crippen LogP contribution in [0.4, 0.5) is 0 Å². The molecular formula is C25H24ClNO4. The number of ether oxygens (including phenoxy) is 2. The molecule has 31 heavy (non-hydrogen) atoms. The molecule has 0 bridgehead atoms. The van der Waals surface area contributed by atoms with Crippen molar-refractivity contribution in [2.45, 2.75) is 26.5 Å². The van der Waals surface area contributed by atoms with Gasteiger partial charge in [-0.1, -0.05) is 35.9 Å². The molecule has 3 aromatic carbocycles. The zero-order chi connectivity index (χ0) is 22.4. The number of rotatable bonds is 8. The number of hydrogen-bond acceptors (Lipinski definition) is 4. The highest BCUT2D eigenvalue weighted by atomic mass is 35.5. The second kappa shape index (κ2) is 10.1. The highest BCUT2D eigenvalue weighted by molar-refractivity contribution is 6.34. The Hall–Kier alpha value is -3.31. The van der Waals surface area contributed by atoms with Gasteiger partial charge in [0, 0.05) is 17.7 Å². The predicted molar refractivity (Wildman–Crippen MR) is 122 cm³/mol. The topological polar surface area (TPSA) is 64.6 Å². The molecule has 0 radical (unpaired) electrons. The molecule has 3 aromatic rings. The van der Waals surface area contributed by atoms with Gasteiger partial charge < -0.3 is 14.8 Å². The molecule has 1 N–H and O–H groups in total. The molecule has 0 aliphatic rings. The molecule has 160 valence electrons. The van der Waals surface area contributed by atoms with Crippen molar-refractivity contribution < 1.29 is 19.1 Å². The van der Waals surface area contributed by atoms with Crippen molar-refractivity contribution in [1.29, 1.82) is 0 Å². The van der Waals surface area contributed by atoms with E-state index in [1.807, 2.05) is 50.2 Å². The zero-order valence-electron chi connectivity index (χ0n) is 17.6. The van der Waals surface area contributed by atoms with Gasteiger partial charge in [0.25, 0.3) is 5.91 Å². The van der Waals surface area contributed by atoms with Crippen molar-refractivity contribution in [3.63, 3.8) is 0 Å². The SMILES string of the molecule is COc1ccc(-c2cccc(C=O)c2)cc1CNC(=O)c1ccc(OC(C)C)cc1Cl. The molecule has 0 aromatic heterocycles. The fraction of sp³-hybridized carbons (Fsp3) is 0.200. The predicted octanol–water partition coefficient (Wildman–Crippen LogP) is 5.55. The molecular weight excluding hydrogens is 414 g/mol. The van der Waals surface area contributed by atoms with Gasteiger partial charge in [0.2, 0.25) is 0 Å². The first-order valence-corrected chi connectivity index (χ1v) is 10.3. The van der Waals surface area contributed by atoms with E-state index in [0.29, 0.717) is 27.6 Å². The van der Waals surface area contributed by atoms with E-state index in [0.717, 1.165) is 23.0 Å². The van der Waals surface area contributed by atoms with Crippen molar-refractivity contribution >= 4 is 23.8 Å². The molecule has 0 unspecified atom stereocenters. The average Bonchev–Trinajstić information content (AvgIpc) is 2.77. The van der Waals surface area contributed by atoms with Gasteiger partial charge in [-0.25, -0.2) is 0 Å². The van der Waals surface area contributed by atoms with Gasteiger partial charge in [0.05, 0.1) is 23.8 Å². The fourth-order valence-electron chi connectivity index (χ4n) is 3.18. The minimum atomic E-state index is -0.295. The molecule has 1 amide bonds. The quantitative estimate of drug-likeness (QED) is 0.469. The monoisotopic (exact) mass is 437 g/mol. The maximum Gasteiger partial charge on any atom is 0.253 e. The lowest BCUT2D eigenvalue weighted by Crippen LogP contribution is -2.23. The van der Waals surface area contributed by atoms with E-state index >= 15 is 0 Å². The van der Waals surface area contributed by atoms with Crippen LogP contribution in [0, 0.1) is 0 Å². The summed E-state index contributed by atoms with van der Waals surface area (Å²) in [4.78, 5) is 23.8. The van der Waals surface area contributed by atoms with Crippen LogP contribution in [-0.4, -0.2) is 25.4 Å². The molecule has 0 saturated heterocycles. The molecule has 0 saturated carbocycles. The summed E-state index contributed by atoms with van der Waals surface area (Å²) in [6.45, 7) is 4.10. The van der Waals surface area contributed by atoms with Crippen molar-refractivity contribution in [2.75, 3.05) is 7.11 Å². The van der Waals surface area contributed by atoms with Crippen LogP contribution in [0.25, 0.3) is 11.1 Å². The van der Waals surface area contributed by atoms with Crippen LogP contribution in [0.1, 0.15) is 40.1 Å². The van der Waals surface area contributed by atoms with Gasteiger partial charge in [-0.3, -0.25) is 9.59 Å². The number of carbonyl (C=O) groups is 2. The minimum absolute atomic E-state index is 0.0164. The average molecular weight is 438 g/mol. The van der Waals surface area contributed by atoms with Crippen LogP contribution in [0.2, 0.25) is 5.02 Å². The number of hydrogen-bond donors (Lipinski definition) is 1. The molecule has 0 aliphatic carbocycles. The summed E-state index contributed by atoms with van der Waals surface area (Å²) in [6.07, 6.45) is 0.831. The molecule has 0 fully saturated rings. The van der Waals surface area contributed by atoms with Gasteiger partial charge in [0.15, 0.2) is 0 Å². The van der Waals surface area contributed by atoms with E-state index in [2.05, 4.69) is 5.32 Å². The van der Waals surface area contributed by atoms with E-state index in [-0.39, 0.29) is 18.6 Å². The second-order valence-electron chi connectivity index (χ2n) is 7.26. The number of aldehydes is 1. The lowest BCUT2D eigenvalue weighted by Gasteiger charge is -2.14. The van der Waals surface area contributed by atoms with E-state index in [4.69, 9.17) is 21.1 Å². The van der Waals surface area contributed by atoms with Crippen LogP contribution < -0.4 is 14.8 Å². The van der Waals surface area contributed by atoms with Crippen LogP contribution >= 0.6 is 11.6 Å². The third-order valence-corrected chi connectivity index (χ3v) is 4.95. The van der Waals surface area contributed by atoms with Crippen LogP contribution in [0.15, 0.2) is 60.7 Å². The molecule has 0 spiro atoms. The van der Waals surface area contributed by atoms with Crippen molar-refractivity contribution in [3.05, 3.63) is 82.4 Å². The number of benzene rings is 3. The number of amides is 1. The summed E-state index contributed by atoms with van der Waals surface area (Å²) < 4.78 is 11.1. The maximum absolute atomic E-state index is 12.7. The van der Waals surface area contributed by atoms with Crippen LogP contribution in [0.5, 0.6) is 11.5 Å². The maximum atomic E-state index is 12.7. The Balaban J connectivity index is 1.79. The summed E-state index contributed by atoms with van der Waals surface area (Å²) in [5.41, 5.74) is 3.60. The van der Waals surface area contributed by atoms with Gasteiger partial charge in [0.1, 0.15) is 17.8 Å². The zero-order valence-corrected chi connectivity index (χ0v) is 18.4. The number of methoxy groups -OCH3 is 1. The summed E-state index contributed by atoms with van der Waals surface area (Å²) in [7, 11) is 1.58. The summed E-state index contributed by atoms with van der Waals surface area (Å²) in [5.74, 6) is 0.974. The normalized spacial score (nSPS) is 10.6. The Morgan fingerprint density at radius 2 is 1.84 bits per heavy atom. The molecule has 3 rings (SSSR count). The molecule has 0 aliphatic heterocycles. The van der Waals surface area contributed by atoms with Gasteiger partial charge in [-0.15, -0.1) is 0 Å². The highest BCUT2D eigenvalue weighted by Crippen LogP contribution is 2.28. The van der Waals surface area contributed by atoms with Crippen molar-refractivity contribution in [3.8, 4) is 22.6 Å². The van der Waals surface area contributed by atoms with Crippen LogP contribution in [0.3, 0.4) is 0 Å². The Morgan fingerprint density at radius 1 is 1.06 bits per heavy atom. The largest absolute Gasteiger partial charge is 0.496 e. The minimum Gasteiger partial charge on any atom is -0.496 e. The van der Waals surface area contributed by atoms with Gasteiger partial charge in [-0.2, -0.15) is 0 Å².